The van der Waals surface area contributed by atoms with Gasteiger partial charge in [-0.2, -0.15) is 0 Å². The molecule has 0 radical (unpaired) electrons. The largest absolute Gasteiger partial charge is 0.393 e. The molecule has 0 spiro atoms. The van der Waals surface area contributed by atoms with Crippen LogP contribution >= 0.6 is 0 Å². The van der Waals surface area contributed by atoms with Gasteiger partial charge in [-0.15, -0.1) is 0 Å². The summed E-state index contributed by atoms with van der Waals surface area (Å²) in [6, 6.07) is 0. The molecule has 4 fully saturated rings. The topological polar surface area (TPSA) is 87.7 Å². The minimum absolute atomic E-state index is 0.0322. The van der Waals surface area contributed by atoms with Crippen LogP contribution in [-0.2, 0) is 4.84 Å². The maximum Gasteiger partial charge on any atom is 0.0734 e. The second-order valence-corrected chi connectivity index (χ2v) is 11.2. The molecule has 0 aromatic carbocycles. The Balaban J connectivity index is 1.43. The maximum atomic E-state index is 12.2. The molecule has 4 rings (SSSR count). The normalized spacial score (nSPS) is 49.3. The van der Waals surface area contributed by atoms with Crippen LogP contribution in [0, 0.1) is 34.5 Å². The summed E-state index contributed by atoms with van der Waals surface area (Å²) in [6.45, 7) is 7.06. The van der Waals surface area contributed by atoms with E-state index in [1.165, 1.54) is 12.8 Å². The summed E-state index contributed by atoms with van der Waals surface area (Å²) in [4.78, 5) is 5.48. The minimum atomic E-state index is -0.509. The fourth-order valence-corrected chi connectivity index (χ4v) is 8.31. The maximum absolute atomic E-state index is 12.2. The third-order valence-electron chi connectivity index (χ3n) is 10.2. The van der Waals surface area contributed by atoms with Gasteiger partial charge < -0.3 is 20.8 Å². The van der Waals surface area contributed by atoms with Crippen LogP contribution < -0.4 is 11.2 Å². The van der Waals surface area contributed by atoms with E-state index in [9.17, 15) is 10.2 Å². The molecule has 4 aliphatic rings. The molecule has 0 unspecified atom stereocenters. The van der Waals surface area contributed by atoms with Crippen LogP contribution in [0.25, 0.3) is 0 Å². The van der Waals surface area contributed by atoms with E-state index in [0.717, 1.165) is 64.3 Å². The predicted octanol–water partition coefficient (Wildman–Crippen LogP) is 3.38. The van der Waals surface area contributed by atoms with Crippen molar-refractivity contribution in [1.29, 1.82) is 0 Å². The SMILES string of the molecule is C[C@]12CC[C@H](O)C[C@H]1CC[C@@H]1[C@@H]2CC[C@]2(C)[C@@H](CCNOCCCN)CC[C@]12O. The molecule has 0 aromatic rings. The minimum Gasteiger partial charge on any atom is -0.393 e. The van der Waals surface area contributed by atoms with Crippen molar-refractivity contribution >= 4 is 0 Å². The number of hydroxylamine groups is 1. The van der Waals surface area contributed by atoms with Crippen molar-refractivity contribution in [3.05, 3.63) is 0 Å². The molecule has 5 N–H and O–H groups in total. The molecule has 0 amide bonds. The average Bonchev–Trinajstić information content (AvgIpc) is 2.96. The number of rotatable bonds is 7. The smallest absolute Gasteiger partial charge is 0.0734 e. The van der Waals surface area contributed by atoms with Gasteiger partial charge in [0.15, 0.2) is 0 Å². The average molecular weight is 409 g/mol. The highest BCUT2D eigenvalue weighted by Gasteiger charge is 2.66. The van der Waals surface area contributed by atoms with E-state index in [4.69, 9.17) is 10.6 Å². The van der Waals surface area contributed by atoms with Crippen LogP contribution in [0.5, 0.6) is 0 Å². The fourth-order valence-electron chi connectivity index (χ4n) is 8.31. The lowest BCUT2D eigenvalue weighted by molar-refractivity contribution is -0.210. The Bertz CT molecular complexity index is 574. The molecule has 0 heterocycles. The fraction of sp³-hybridized carbons (Fsp3) is 1.00. The number of hydrogen-bond donors (Lipinski definition) is 4. The van der Waals surface area contributed by atoms with E-state index in [-0.39, 0.29) is 11.5 Å². The molecule has 5 nitrogen and oxygen atoms in total. The van der Waals surface area contributed by atoms with Crippen LogP contribution in [-0.4, -0.2) is 41.6 Å². The van der Waals surface area contributed by atoms with Crippen molar-refractivity contribution in [2.24, 2.45) is 40.2 Å². The summed E-state index contributed by atoms with van der Waals surface area (Å²) >= 11 is 0. The molecule has 4 aliphatic carbocycles. The monoisotopic (exact) mass is 408 g/mol. The summed E-state index contributed by atoms with van der Waals surface area (Å²) in [7, 11) is 0. The molecule has 0 aromatic heterocycles. The van der Waals surface area contributed by atoms with Crippen molar-refractivity contribution in [2.45, 2.75) is 96.2 Å². The summed E-state index contributed by atoms with van der Waals surface area (Å²) in [5.41, 5.74) is 8.46. The van der Waals surface area contributed by atoms with E-state index >= 15 is 0 Å². The van der Waals surface area contributed by atoms with Crippen LogP contribution in [0.15, 0.2) is 0 Å². The van der Waals surface area contributed by atoms with Gasteiger partial charge in [0.1, 0.15) is 0 Å². The van der Waals surface area contributed by atoms with Gasteiger partial charge in [0, 0.05) is 6.54 Å². The Morgan fingerprint density at radius 2 is 1.86 bits per heavy atom. The van der Waals surface area contributed by atoms with E-state index in [1.807, 2.05) is 0 Å². The summed E-state index contributed by atoms with van der Waals surface area (Å²) in [6.07, 6.45) is 11.8. The second-order valence-electron chi connectivity index (χ2n) is 11.2. The highest BCUT2D eigenvalue weighted by molar-refractivity contribution is 5.16. The lowest BCUT2D eigenvalue weighted by Gasteiger charge is -2.63. The molecular weight excluding hydrogens is 364 g/mol. The number of fused-ring (bicyclic) bond motifs is 5. The Kier molecular flexibility index (Phi) is 6.36. The van der Waals surface area contributed by atoms with Gasteiger partial charge >= 0.3 is 0 Å². The zero-order valence-electron chi connectivity index (χ0n) is 18.7. The molecule has 5 heteroatoms. The van der Waals surface area contributed by atoms with Crippen molar-refractivity contribution in [3.63, 3.8) is 0 Å². The first-order valence-electron chi connectivity index (χ1n) is 12.3. The first-order chi connectivity index (χ1) is 13.8. The van der Waals surface area contributed by atoms with Gasteiger partial charge in [-0.25, -0.2) is 5.48 Å². The van der Waals surface area contributed by atoms with Gasteiger partial charge in [-0.3, -0.25) is 0 Å². The molecule has 0 aliphatic heterocycles. The van der Waals surface area contributed by atoms with E-state index < -0.39 is 5.60 Å². The first-order valence-corrected chi connectivity index (χ1v) is 12.3. The van der Waals surface area contributed by atoms with E-state index in [0.29, 0.717) is 42.2 Å². The number of aliphatic hydroxyl groups excluding tert-OH is 1. The standard InChI is InChI=1S/C24H44N2O3/c1-22-10-7-19(27)16-18(22)4-5-21-20(22)8-11-23(2)17(6-12-24(21,23)28)9-14-26-29-15-3-13-25/h17-21,26-28H,3-16,25H2,1-2H3/t17-,18-,19+,20+,21-,22+,23-,24+/m1/s1. The molecular formula is C24H44N2O3. The highest BCUT2D eigenvalue weighted by atomic mass is 16.6. The Morgan fingerprint density at radius 1 is 1.03 bits per heavy atom. The molecule has 0 saturated heterocycles. The van der Waals surface area contributed by atoms with Crippen LogP contribution in [0.4, 0.5) is 0 Å². The highest BCUT2D eigenvalue weighted by Crippen LogP contribution is 2.69. The van der Waals surface area contributed by atoms with Crippen LogP contribution in [0.2, 0.25) is 0 Å². The number of aliphatic hydroxyl groups is 2. The van der Waals surface area contributed by atoms with Crippen LogP contribution in [0.1, 0.15) is 84.5 Å². The van der Waals surface area contributed by atoms with Crippen molar-refractivity contribution in [1.82, 2.24) is 5.48 Å². The molecule has 168 valence electrons. The summed E-state index contributed by atoms with van der Waals surface area (Å²) in [5.74, 6) is 2.28. The second kappa shape index (κ2) is 8.38. The van der Waals surface area contributed by atoms with E-state index in [2.05, 4.69) is 19.3 Å². The molecule has 0 bridgehead atoms. The number of nitrogens with two attached hydrogens (primary N) is 1. The van der Waals surface area contributed by atoms with Crippen molar-refractivity contribution in [2.75, 3.05) is 19.7 Å². The van der Waals surface area contributed by atoms with Gasteiger partial charge in [0.25, 0.3) is 0 Å². The van der Waals surface area contributed by atoms with Crippen LogP contribution in [0.3, 0.4) is 0 Å². The molecule has 4 saturated carbocycles. The summed E-state index contributed by atoms with van der Waals surface area (Å²) < 4.78 is 0. The lowest BCUT2D eigenvalue weighted by atomic mass is 9.43. The van der Waals surface area contributed by atoms with Gasteiger partial charge in [-0.1, -0.05) is 13.8 Å². The van der Waals surface area contributed by atoms with Crippen molar-refractivity contribution in [3.8, 4) is 0 Å². The van der Waals surface area contributed by atoms with Gasteiger partial charge in [0.05, 0.1) is 18.3 Å². The van der Waals surface area contributed by atoms with Crippen molar-refractivity contribution < 1.29 is 15.1 Å². The Morgan fingerprint density at radius 3 is 2.66 bits per heavy atom. The zero-order valence-corrected chi connectivity index (χ0v) is 18.7. The lowest BCUT2D eigenvalue weighted by Crippen LogP contribution is -2.62. The quantitative estimate of drug-likeness (QED) is 0.383. The Hall–Kier alpha value is -0.200. The number of nitrogens with one attached hydrogen (secondary N) is 1. The zero-order chi connectivity index (χ0) is 20.7. The molecule has 29 heavy (non-hydrogen) atoms. The Labute approximate surface area is 177 Å². The van der Waals surface area contributed by atoms with Gasteiger partial charge in [0.2, 0.25) is 0 Å². The van der Waals surface area contributed by atoms with Gasteiger partial charge in [-0.05, 0) is 112 Å². The van der Waals surface area contributed by atoms with E-state index in [1.54, 1.807) is 0 Å². The predicted molar refractivity (Wildman–Crippen MR) is 115 cm³/mol. The number of hydrogen-bond acceptors (Lipinski definition) is 5. The summed E-state index contributed by atoms with van der Waals surface area (Å²) in [5, 5.41) is 22.4. The third kappa shape index (κ3) is 3.59. The first kappa shape index (κ1) is 22.0. The molecule has 8 atom stereocenters. The third-order valence-corrected chi connectivity index (χ3v) is 10.2.